The van der Waals surface area contributed by atoms with E-state index >= 15 is 0 Å². The van der Waals surface area contributed by atoms with Crippen molar-refractivity contribution >= 4 is 11.9 Å². The number of carbonyl (C=O) groups is 2. The molecule has 1 rings (SSSR count). The average molecular weight is 221 g/mol. The van der Waals surface area contributed by atoms with Crippen molar-refractivity contribution in [1.82, 2.24) is 0 Å². The predicted octanol–water partition coefficient (Wildman–Crippen LogP) is 1.49. The monoisotopic (exact) mass is 221 g/mol. The van der Waals surface area contributed by atoms with Gasteiger partial charge >= 0.3 is 11.9 Å². The molecule has 0 aliphatic rings. The Kier molecular flexibility index (Phi) is 6.82. The molecule has 0 bridgehead atoms. The van der Waals surface area contributed by atoms with E-state index < -0.39 is 11.9 Å². The highest BCUT2D eigenvalue weighted by Crippen LogP contribution is 1.93. The smallest absolute Gasteiger partial charge is 0.303 e. The molecule has 5 heteroatoms. The Bertz CT molecular complexity index is 367. The van der Waals surface area contributed by atoms with Crippen LogP contribution < -0.4 is 0 Å². The molecule has 5 nitrogen and oxygen atoms in total. The van der Waals surface area contributed by atoms with Crippen LogP contribution in [0.15, 0.2) is 30.3 Å². The third-order valence-electron chi connectivity index (χ3n) is 1.46. The number of carboxylic acids is 2. The van der Waals surface area contributed by atoms with Gasteiger partial charge in [-0.15, -0.1) is 0 Å². The maximum Gasteiger partial charge on any atom is 0.303 e. The van der Waals surface area contributed by atoms with E-state index in [-0.39, 0.29) is 12.8 Å². The van der Waals surface area contributed by atoms with Crippen LogP contribution in [-0.4, -0.2) is 22.2 Å². The minimum atomic E-state index is -1.08. The highest BCUT2D eigenvalue weighted by atomic mass is 16.4. The second-order valence-electron chi connectivity index (χ2n) is 2.77. The van der Waals surface area contributed by atoms with Gasteiger partial charge in [0.2, 0.25) is 0 Å². The molecule has 2 N–H and O–H groups in total. The number of hydrogen-bond donors (Lipinski definition) is 2. The molecule has 0 aromatic heterocycles. The first kappa shape index (κ1) is 13.7. The number of nitrogens with zero attached hydrogens (tertiary/aromatic N) is 1. The summed E-state index contributed by atoms with van der Waals surface area (Å²) in [6, 6.07) is 11.2. The lowest BCUT2D eigenvalue weighted by Crippen LogP contribution is -2.00. The minimum absolute atomic E-state index is 0.296. The Morgan fingerprint density at radius 1 is 1.06 bits per heavy atom. The van der Waals surface area contributed by atoms with Crippen molar-refractivity contribution in [3.8, 4) is 6.07 Å². The quantitative estimate of drug-likeness (QED) is 0.805. The molecule has 0 saturated carbocycles. The Labute approximate surface area is 92.6 Å². The van der Waals surface area contributed by atoms with Gasteiger partial charge in [0, 0.05) is 0 Å². The van der Waals surface area contributed by atoms with Gasteiger partial charge in [0.05, 0.1) is 24.5 Å². The van der Waals surface area contributed by atoms with Crippen LogP contribution in [0, 0.1) is 11.3 Å². The van der Waals surface area contributed by atoms with Gasteiger partial charge in [-0.2, -0.15) is 5.26 Å². The lowest BCUT2D eigenvalue weighted by Gasteiger charge is -1.85. The first-order chi connectivity index (χ1) is 7.56. The largest absolute Gasteiger partial charge is 0.481 e. The highest BCUT2D eigenvalue weighted by Gasteiger charge is 2.00. The molecule has 16 heavy (non-hydrogen) atoms. The molecule has 0 radical (unpaired) electrons. The van der Waals surface area contributed by atoms with E-state index in [1.165, 1.54) is 0 Å². The van der Waals surface area contributed by atoms with Crippen LogP contribution in [0.2, 0.25) is 0 Å². The van der Waals surface area contributed by atoms with E-state index in [0.717, 1.165) is 0 Å². The molecule has 0 aliphatic heterocycles. The highest BCUT2D eigenvalue weighted by molar-refractivity contribution is 5.75. The van der Waals surface area contributed by atoms with Crippen LogP contribution in [0.5, 0.6) is 0 Å². The molecule has 84 valence electrons. The van der Waals surface area contributed by atoms with E-state index in [0.29, 0.717) is 5.56 Å². The maximum absolute atomic E-state index is 9.64. The number of carboxylic acid groups (broad SMARTS) is 2. The van der Waals surface area contributed by atoms with Gasteiger partial charge in [-0.1, -0.05) is 18.2 Å². The van der Waals surface area contributed by atoms with E-state index in [4.69, 9.17) is 15.5 Å². The molecule has 0 aliphatic carbocycles. The summed E-state index contributed by atoms with van der Waals surface area (Å²) in [5, 5.41) is 24.1. The number of nitriles is 1. The molecule has 1 aromatic rings. The van der Waals surface area contributed by atoms with E-state index in [1.54, 1.807) is 12.1 Å². The van der Waals surface area contributed by atoms with Crippen molar-refractivity contribution in [2.75, 3.05) is 0 Å². The Morgan fingerprint density at radius 2 is 1.50 bits per heavy atom. The fourth-order valence-electron chi connectivity index (χ4n) is 0.727. The normalized spacial score (nSPS) is 8.19. The first-order valence-corrected chi connectivity index (χ1v) is 4.45. The lowest BCUT2D eigenvalue weighted by atomic mass is 10.2. The van der Waals surface area contributed by atoms with Crippen LogP contribution >= 0.6 is 0 Å². The fourth-order valence-corrected chi connectivity index (χ4v) is 0.727. The molecular formula is C11H11NO4. The van der Waals surface area contributed by atoms with Gasteiger partial charge in [-0.3, -0.25) is 9.59 Å². The van der Waals surface area contributed by atoms with Gasteiger partial charge in [-0.05, 0) is 12.1 Å². The number of benzene rings is 1. The molecule has 0 heterocycles. The standard InChI is InChI=1S/C7H5N.C4H6O4/c8-6-7-4-2-1-3-5-7;5-3(6)1-2-4(7)8/h1-5H;1-2H2,(H,5,6)(H,7,8). The van der Waals surface area contributed by atoms with E-state index in [1.807, 2.05) is 24.3 Å². The summed E-state index contributed by atoms with van der Waals surface area (Å²) in [7, 11) is 0. The van der Waals surface area contributed by atoms with Gasteiger partial charge in [0.15, 0.2) is 0 Å². The zero-order valence-corrected chi connectivity index (χ0v) is 8.46. The summed E-state index contributed by atoms with van der Waals surface area (Å²) in [4.78, 5) is 19.3. The zero-order valence-electron chi connectivity index (χ0n) is 8.46. The van der Waals surface area contributed by atoms with E-state index in [9.17, 15) is 9.59 Å². The van der Waals surface area contributed by atoms with Crippen molar-refractivity contribution in [3.63, 3.8) is 0 Å². The number of rotatable bonds is 3. The van der Waals surface area contributed by atoms with Crippen LogP contribution in [0.3, 0.4) is 0 Å². The van der Waals surface area contributed by atoms with Crippen molar-refractivity contribution in [3.05, 3.63) is 35.9 Å². The fraction of sp³-hybridized carbons (Fsp3) is 0.182. The summed E-state index contributed by atoms with van der Waals surface area (Å²) in [5.41, 5.74) is 0.715. The van der Waals surface area contributed by atoms with Crippen molar-refractivity contribution in [2.24, 2.45) is 0 Å². The van der Waals surface area contributed by atoms with Crippen molar-refractivity contribution < 1.29 is 19.8 Å². The second-order valence-corrected chi connectivity index (χ2v) is 2.77. The first-order valence-electron chi connectivity index (χ1n) is 4.45. The predicted molar refractivity (Wildman–Crippen MR) is 55.7 cm³/mol. The maximum atomic E-state index is 9.64. The SMILES string of the molecule is N#Cc1ccccc1.O=C(O)CCC(=O)O. The summed E-state index contributed by atoms with van der Waals surface area (Å²) in [6.07, 6.45) is -0.593. The molecule has 1 aromatic carbocycles. The third kappa shape index (κ3) is 8.26. The number of aliphatic carboxylic acids is 2. The Morgan fingerprint density at radius 3 is 1.75 bits per heavy atom. The molecular weight excluding hydrogens is 210 g/mol. The Hall–Kier alpha value is -2.35. The molecule has 0 amide bonds. The summed E-state index contributed by atoms with van der Waals surface area (Å²) in [6.45, 7) is 0. The molecule has 0 saturated heterocycles. The van der Waals surface area contributed by atoms with Gasteiger partial charge in [-0.25, -0.2) is 0 Å². The molecule has 0 spiro atoms. The van der Waals surface area contributed by atoms with E-state index in [2.05, 4.69) is 0 Å². The lowest BCUT2D eigenvalue weighted by molar-refractivity contribution is -0.143. The zero-order chi connectivity index (χ0) is 12.4. The number of hydrogen-bond acceptors (Lipinski definition) is 3. The van der Waals surface area contributed by atoms with Crippen LogP contribution in [0.1, 0.15) is 18.4 Å². The van der Waals surface area contributed by atoms with Crippen LogP contribution in [-0.2, 0) is 9.59 Å². The second kappa shape index (κ2) is 8.00. The topological polar surface area (TPSA) is 98.4 Å². The van der Waals surface area contributed by atoms with Crippen LogP contribution in [0.25, 0.3) is 0 Å². The molecule has 0 unspecified atom stereocenters. The summed E-state index contributed by atoms with van der Waals surface area (Å²) >= 11 is 0. The summed E-state index contributed by atoms with van der Waals surface area (Å²) in [5.74, 6) is -2.15. The average Bonchev–Trinajstić information content (AvgIpc) is 2.28. The molecule has 0 fully saturated rings. The summed E-state index contributed by atoms with van der Waals surface area (Å²) < 4.78 is 0. The van der Waals surface area contributed by atoms with Crippen molar-refractivity contribution in [2.45, 2.75) is 12.8 Å². The third-order valence-corrected chi connectivity index (χ3v) is 1.46. The van der Waals surface area contributed by atoms with Gasteiger partial charge in [0.1, 0.15) is 0 Å². The molecule has 0 atom stereocenters. The van der Waals surface area contributed by atoms with Gasteiger partial charge < -0.3 is 10.2 Å². The van der Waals surface area contributed by atoms with Gasteiger partial charge in [0.25, 0.3) is 0 Å². The Balaban J connectivity index is 0.000000281. The minimum Gasteiger partial charge on any atom is -0.481 e. The van der Waals surface area contributed by atoms with Crippen molar-refractivity contribution in [1.29, 1.82) is 5.26 Å². The van der Waals surface area contributed by atoms with Crippen LogP contribution in [0.4, 0.5) is 0 Å².